The minimum atomic E-state index is -0.573. The van der Waals surface area contributed by atoms with Crippen LogP contribution in [0.1, 0.15) is 52.4 Å². The highest BCUT2D eigenvalue weighted by Crippen LogP contribution is 2.26. The third kappa shape index (κ3) is 3.44. The van der Waals surface area contributed by atoms with E-state index in [2.05, 4.69) is 18.7 Å². The summed E-state index contributed by atoms with van der Waals surface area (Å²) in [7, 11) is 0. The third-order valence-electron chi connectivity index (χ3n) is 3.63. The van der Waals surface area contributed by atoms with Crippen LogP contribution in [0.25, 0.3) is 0 Å². The molecule has 1 heterocycles. The molecule has 3 heteroatoms. The topological polar surface area (TPSA) is 49.5 Å². The van der Waals surface area contributed by atoms with E-state index in [0.717, 1.165) is 51.6 Å². The lowest BCUT2D eigenvalue weighted by molar-refractivity contribution is -0.126. The van der Waals surface area contributed by atoms with Gasteiger partial charge >= 0.3 is 0 Å². The summed E-state index contributed by atoms with van der Waals surface area (Å²) in [5.41, 5.74) is 5.30. The Morgan fingerprint density at radius 2 is 1.93 bits per heavy atom. The maximum Gasteiger partial charge on any atom is 0.118 e. The molecule has 0 saturated carbocycles. The molecule has 0 aromatic carbocycles. The molecule has 15 heavy (non-hydrogen) atoms. The van der Waals surface area contributed by atoms with Gasteiger partial charge in [0, 0.05) is 19.1 Å². The van der Waals surface area contributed by atoms with Gasteiger partial charge in [-0.3, -0.25) is 4.90 Å². The van der Waals surface area contributed by atoms with Crippen LogP contribution in [0.3, 0.4) is 0 Å². The van der Waals surface area contributed by atoms with Crippen LogP contribution in [0.2, 0.25) is 0 Å². The number of nitrogens with zero attached hydrogens (tertiary/aromatic N) is 1. The Morgan fingerprint density at radius 3 is 2.40 bits per heavy atom. The predicted molar refractivity (Wildman–Crippen MR) is 63.5 cm³/mol. The first-order valence-corrected chi connectivity index (χ1v) is 6.35. The summed E-state index contributed by atoms with van der Waals surface area (Å²) in [5, 5.41) is 10.5. The summed E-state index contributed by atoms with van der Waals surface area (Å²) < 4.78 is 0. The number of nitrogens with two attached hydrogens (primary N) is 1. The van der Waals surface area contributed by atoms with Gasteiger partial charge in [-0.25, -0.2) is 0 Å². The average molecular weight is 214 g/mol. The number of unbranched alkanes of at least 4 members (excludes halogenated alkanes) is 1. The molecule has 0 radical (unpaired) electrons. The Hall–Kier alpha value is -0.120. The lowest BCUT2D eigenvalue weighted by atomic mass is 9.96. The molecule has 1 fully saturated rings. The van der Waals surface area contributed by atoms with Crippen molar-refractivity contribution in [2.24, 2.45) is 5.73 Å². The van der Waals surface area contributed by atoms with Gasteiger partial charge < -0.3 is 10.8 Å². The molecule has 0 bridgehead atoms. The first-order valence-electron chi connectivity index (χ1n) is 6.35. The Labute approximate surface area is 93.6 Å². The SMILES string of the molecule is CCCCC(O)(CC)N1CCC(N)CC1. The molecule has 3 N–H and O–H groups in total. The van der Waals surface area contributed by atoms with Crippen LogP contribution in [0.5, 0.6) is 0 Å². The van der Waals surface area contributed by atoms with E-state index in [-0.39, 0.29) is 0 Å². The predicted octanol–water partition coefficient (Wildman–Crippen LogP) is 1.70. The molecule has 90 valence electrons. The van der Waals surface area contributed by atoms with Crippen molar-refractivity contribution in [3.05, 3.63) is 0 Å². The molecular weight excluding hydrogens is 188 g/mol. The Kier molecular flexibility index (Phi) is 5.03. The molecule has 1 aliphatic heterocycles. The maximum absolute atomic E-state index is 10.5. The average Bonchev–Trinajstić information content (AvgIpc) is 2.27. The normalized spacial score (nSPS) is 24.0. The van der Waals surface area contributed by atoms with Crippen LogP contribution in [0, 0.1) is 0 Å². The second-order valence-corrected chi connectivity index (χ2v) is 4.76. The van der Waals surface area contributed by atoms with Gasteiger partial charge in [-0.2, -0.15) is 0 Å². The third-order valence-corrected chi connectivity index (χ3v) is 3.63. The number of aliphatic hydroxyl groups is 1. The van der Waals surface area contributed by atoms with Gasteiger partial charge in [0.15, 0.2) is 0 Å². The molecule has 1 saturated heterocycles. The van der Waals surface area contributed by atoms with E-state index < -0.39 is 5.72 Å². The van der Waals surface area contributed by atoms with Crippen molar-refractivity contribution in [2.45, 2.75) is 64.1 Å². The van der Waals surface area contributed by atoms with Gasteiger partial charge in [0.2, 0.25) is 0 Å². The Morgan fingerprint density at radius 1 is 1.33 bits per heavy atom. The minimum Gasteiger partial charge on any atom is -0.376 e. The van der Waals surface area contributed by atoms with Crippen LogP contribution in [-0.2, 0) is 0 Å². The summed E-state index contributed by atoms with van der Waals surface area (Å²) in [6.45, 7) is 6.15. The van der Waals surface area contributed by atoms with Gasteiger partial charge in [0.1, 0.15) is 5.72 Å². The number of hydrogen-bond donors (Lipinski definition) is 2. The van der Waals surface area contributed by atoms with Gasteiger partial charge in [-0.1, -0.05) is 20.3 Å². The number of hydrogen-bond acceptors (Lipinski definition) is 3. The summed E-state index contributed by atoms with van der Waals surface area (Å²) in [4.78, 5) is 2.23. The number of piperidine rings is 1. The van der Waals surface area contributed by atoms with E-state index in [1.807, 2.05) is 0 Å². The van der Waals surface area contributed by atoms with Crippen molar-refractivity contribution >= 4 is 0 Å². The van der Waals surface area contributed by atoms with E-state index in [1.165, 1.54) is 0 Å². The molecule has 3 nitrogen and oxygen atoms in total. The van der Waals surface area contributed by atoms with Crippen molar-refractivity contribution < 1.29 is 5.11 Å². The fourth-order valence-corrected chi connectivity index (χ4v) is 2.33. The van der Waals surface area contributed by atoms with E-state index in [0.29, 0.717) is 6.04 Å². The Bertz CT molecular complexity index is 178. The summed E-state index contributed by atoms with van der Waals surface area (Å²) >= 11 is 0. The molecule has 0 aromatic heterocycles. The molecule has 0 aromatic rings. The zero-order valence-electron chi connectivity index (χ0n) is 10.2. The zero-order chi connectivity index (χ0) is 11.3. The molecule has 0 amide bonds. The van der Waals surface area contributed by atoms with Crippen LogP contribution in [0.15, 0.2) is 0 Å². The summed E-state index contributed by atoms with van der Waals surface area (Å²) in [5.74, 6) is 0. The summed E-state index contributed by atoms with van der Waals surface area (Å²) in [6.07, 6.45) is 6.02. The lowest BCUT2D eigenvalue weighted by Gasteiger charge is -2.43. The standard InChI is InChI=1S/C12H26N2O/c1-3-5-8-12(15,4-2)14-9-6-11(13)7-10-14/h11,15H,3-10,13H2,1-2H3. The van der Waals surface area contributed by atoms with Gasteiger partial charge in [-0.05, 0) is 32.1 Å². The molecule has 1 rings (SSSR count). The van der Waals surface area contributed by atoms with Crippen molar-refractivity contribution in [1.82, 2.24) is 4.90 Å². The molecule has 0 spiro atoms. The van der Waals surface area contributed by atoms with Gasteiger partial charge in [-0.15, -0.1) is 0 Å². The minimum absolute atomic E-state index is 0.341. The highest BCUT2D eigenvalue weighted by atomic mass is 16.3. The van der Waals surface area contributed by atoms with Crippen LogP contribution in [0.4, 0.5) is 0 Å². The monoisotopic (exact) mass is 214 g/mol. The van der Waals surface area contributed by atoms with E-state index in [1.54, 1.807) is 0 Å². The largest absolute Gasteiger partial charge is 0.376 e. The van der Waals surface area contributed by atoms with Crippen molar-refractivity contribution in [2.75, 3.05) is 13.1 Å². The molecule has 1 atom stereocenters. The number of rotatable bonds is 5. The van der Waals surface area contributed by atoms with Crippen LogP contribution < -0.4 is 5.73 Å². The fourth-order valence-electron chi connectivity index (χ4n) is 2.33. The molecule has 1 unspecified atom stereocenters. The maximum atomic E-state index is 10.5. The smallest absolute Gasteiger partial charge is 0.118 e. The van der Waals surface area contributed by atoms with Crippen LogP contribution in [-0.4, -0.2) is 34.9 Å². The van der Waals surface area contributed by atoms with Gasteiger partial charge in [0.25, 0.3) is 0 Å². The van der Waals surface area contributed by atoms with E-state index in [9.17, 15) is 5.11 Å². The quantitative estimate of drug-likeness (QED) is 0.732. The zero-order valence-corrected chi connectivity index (χ0v) is 10.2. The van der Waals surface area contributed by atoms with Crippen molar-refractivity contribution in [3.8, 4) is 0 Å². The van der Waals surface area contributed by atoms with Crippen LogP contribution >= 0.6 is 0 Å². The lowest BCUT2D eigenvalue weighted by Crippen LogP contribution is -2.53. The molecular formula is C12H26N2O. The second kappa shape index (κ2) is 5.83. The highest BCUT2D eigenvalue weighted by molar-refractivity contribution is 4.84. The van der Waals surface area contributed by atoms with E-state index in [4.69, 9.17) is 5.73 Å². The Balaban J connectivity index is 2.49. The van der Waals surface area contributed by atoms with Crippen molar-refractivity contribution in [1.29, 1.82) is 0 Å². The first kappa shape index (κ1) is 12.9. The number of likely N-dealkylation sites (tertiary alicyclic amines) is 1. The fraction of sp³-hybridized carbons (Fsp3) is 1.00. The molecule has 0 aliphatic carbocycles. The van der Waals surface area contributed by atoms with Gasteiger partial charge in [0.05, 0.1) is 0 Å². The highest BCUT2D eigenvalue weighted by Gasteiger charge is 2.33. The first-order chi connectivity index (χ1) is 7.12. The second-order valence-electron chi connectivity index (χ2n) is 4.76. The van der Waals surface area contributed by atoms with E-state index >= 15 is 0 Å². The molecule has 1 aliphatic rings. The van der Waals surface area contributed by atoms with Crippen molar-refractivity contribution in [3.63, 3.8) is 0 Å². The summed E-state index contributed by atoms with van der Waals surface area (Å²) in [6, 6.07) is 0.341.